The van der Waals surface area contributed by atoms with Gasteiger partial charge in [0.2, 0.25) is 0 Å². The molecule has 1 rings (SSSR count). The van der Waals surface area contributed by atoms with E-state index in [-0.39, 0.29) is 56.8 Å². The molecule has 1 fully saturated rings. The summed E-state index contributed by atoms with van der Waals surface area (Å²) < 4.78 is 37.0. The molecule has 0 aromatic heterocycles. The zero-order chi connectivity index (χ0) is 12.4. The van der Waals surface area contributed by atoms with Crippen LogP contribution in [0.15, 0.2) is 0 Å². The number of hydrogen-bond donors (Lipinski definition) is 0. The molecule has 0 saturated carbocycles. The van der Waals surface area contributed by atoms with Gasteiger partial charge < -0.3 is 17.8 Å². The maximum Gasteiger partial charge on any atom is 1.00 e. The van der Waals surface area contributed by atoms with E-state index in [1.165, 1.54) is 0 Å². The molecule has 1 atom stereocenters. The topological polar surface area (TPSA) is 3.24 Å². The molecule has 1 aliphatic rings. The Bertz CT molecular complexity index is 228. The van der Waals surface area contributed by atoms with E-state index in [2.05, 4.69) is 20.8 Å². The Morgan fingerprint density at radius 1 is 1.12 bits per heavy atom. The Morgan fingerprint density at radius 3 is 2.18 bits per heavy atom. The summed E-state index contributed by atoms with van der Waals surface area (Å²) in [6, 6.07) is 0. The van der Waals surface area contributed by atoms with E-state index >= 15 is 0 Å². The Kier molecular flexibility index (Phi) is 7.91. The second-order valence-electron chi connectivity index (χ2n) is 6.00. The molecule has 0 radical (unpaired) electrons. The molecule has 1 saturated heterocycles. The molecule has 1 heterocycles. The summed E-state index contributed by atoms with van der Waals surface area (Å²) in [5.41, 5.74) is 0.222. The van der Waals surface area contributed by atoms with E-state index in [0.29, 0.717) is 19.0 Å². The summed E-state index contributed by atoms with van der Waals surface area (Å²) in [7, 11) is 0. The van der Waals surface area contributed by atoms with Crippen LogP contribution in [0, 0.1) is 11.3 Å². The maximum atomic E-state index is 12.3. The summed E-state index contributed by atoms with van der Waals surface area (Å²) in [6.07, 6.45) is 2.17. The number of hydrogen-bond acceptors (Lipinski definition) is 1. The number of likely N-dealkylation sites (tertiary alicyclic amines) is 1. The van der Waals surface area contributed by atoms with Gasteiger partial charge in [0.25, 0.3) is 0 Å². The third-order valence-corrected chi connectivity index (χ3v) is 3.51. The minimum absolute atomic E-state index is 0. The first-order valence-electron chi connectivity index (χ1n) is 6.12. The van der Waals surface area contributed by atoms with E-state index in [9.17, 15) is 12.9 Å². The molecule has 0 aromatic rings. The largest absolute Gasteiger partial charge is 1.00 e. The van der Waals surface area contributed by atoms with E-state index in [0.717, 1.165) is 19.3 Å². The van der Waals surface area contributed by atoms with Crippen molar-refractivity contribution in [3.8, 4) is 0 Å². The van der Waals surface area contributed by atoms with Crippen molar-refractivity contribution >= 4 is 6.98 Å². The van der Waals surface area contributed by atoms with Gasteiger partial charge in [-0.05, 0) is 50.1 Å². The predicted molar refractivity (Wildman–Crippen MR) is 62.3 cm³/mol. The number of nitrogens with zero attached hydrogens (tertiary/aromatic N) is 1. The maximum absolute atomic E-state index is 12.3. The van der Waals surface area contributed by atoms with Crippen LogP contribution in [0.3, 0.4) is 0 Å². The quantitative estimate of drug-likeness (QED) is 0.664. The average Bonchev–Trinajstić information content (AvgIpc) is 2.25. The van der Waals surface area contributed by atoms with Crippen molar-refractivity contribution in [3.63, 3.8) is 0 Å². The monoisotopic (exact) mass is 275 g/mol. The van der Waals surface area contributed by atoms with Crippen LogP contribution in [0.1, 0.15) is 40.0 Å². The van der Waals surface area contributed by atoms with Crippen LogP contribution in [0.4, 0.5) is 12.9 Å². The van der Waals surface area contributed by atoms with Gasteiger partial charge in [-0.15, -0.1) is 0 Å². The van der Waals surface area contributed by atoms with Crippen molar-refractivity contribution < 1.29 is 64.3 Å². The molecule has 1 unspecified atom stereocenters. The van der Waals surface area contributed by atoms with Gasteiger partial charge in [0.1, 0.15) is 0 Å². The smallest absolute Gasteiger partial charge is 0.448 e. The zero-order valence-electron chi connectivity index (χ0n) is 11.5. The SMILES string of the molecule is CC(C)(C)C1CCCN(C[B-](F)(F)F)CC1.[K+]. The van der Waals surface area contributed by atoms with Crippen LogP contribution in [0.25, 0.3) is 0 Å². The Hall–Kier alpha value is 1.45. The first-order valence-corrected chi connectivity index (χ1v) is 6.12. The summed E-state index contributed by atoms with van der Waals surface area (Å²) in [6.45, 7) is 3.09. The fraction of sp³-hybridized carbons (Fsp3) is 1.00. The zero-order valence-corrected chi connectivity index (χ0v) is 14.6. The summed E-state index contributed by atoms with van der Waals surface area (Å²) in [4.78, 5) is 1.58. The molecule has 0 aromatic carbocycles. The second-order valence-corrected chi connectivity index (χ2v) is 6.00. The molecule has 96 valence electrons. The van der Waals surface area contributed by atoms with Crippen LogP contribution < -0.4 is 51.4 Å². The van der Waals surface area contributed by atoms with Gasteiger partial charge in [0, 0.05) is 0 Å². The second kappa shape index (κ2) is 7.29. The van der Waals surface area contributed by atoms with E-state index < -0.39 is 13.4 Å². The normalized spacial score (nSPS) is 24.0. The molecule has 1 nitrogen and oxygen atoms in total. The van der Waals surface area contributed by atoms with Crippen molar-refractivity contribution in [1.82, 2.24) is 4.90 Å². The van der Waals surface area contributed by atoms with Gasteiger partial charge in [0.05, 0.1) is 0 Å². The first-order chi connectivity index (χ1) is 7.18. The van der Waals surface area contributed by atoms with Gasteiger partial charge in [-0.2, -0.15) is 0 Å². The molecule has 17 heavy (non-hydrogen) atoms. The molecule has 6 heteroatoms. The van der Waals surface area contributed by atoms with E-state index in [1.54, 1.807) is 4.90 Å². The first kappa shape index (κ1) is 18.5. The van der Waals surface area contributed by atoms with Crippen LogP contribution in [0.2, 0.25) is 0 Å². The van der Waals surface area contributed by atoms with Crippen LogP contribution in [-0.2, 0) is 0 Å². The van der Waals surface area contributed by atoms with Gasteiger partial charge in [-0.3, -0.25) is 0 Å². The Labute approximate surface area is 145 Å². The fourth-order valence-electron chi connectivity index (χ4n) is 2.50. The molecule has 0 aliphatic carbocycles. The Balaban J connectivity index is 0.00000256. The van der Waals surface area contributed by atoms with E-state index in [1.807, 2.05) is 0 Å². The number of halogens is 3. The molecule has 0 bridgehead atoms. The molecule has 1 aliphatic heterocycles. The van der Waals surface area contributed by atoms with Crippen molar-refractivity contribution in [2.24, 2.45) is 11.3 Å². The molecule has 0 spiro atoms. The van der Waals surface area contributed by atoms with Crippen LogP contribution in [0.5, 0.6) is 0 Å². The predicted octanol–water partition coefficient (Wildman–Crippen LogP) is 0.525. The molecule has 0 amide bonds. The van der Waals surface area contributed by atoms with Crippen molar-refractivity contribution in [2.75, 3.05) is 19.5 Å². The minimum Gasteiger partial charge on any atom is -0.448 e. The minimum atomic E-state index is -4.66. The standard InChI is InChI=1S/C11H22BF3N.K/c1-11(2,3)10-5-4-7-16(8-6-10)9-12(13,14)15;/h10H,4-9H2,1-3H3;/q-1;+1. The van der Waals surface area contributed by atoms with Crippen LogP contribution >= 0.6 is 0 Å². The summed E-state index contributed by atoms with van der Waals surface area (Å²) >= 11 is 0. The third kappa shape index (κ3) is 7.58. The van der Waals surface area contributed by atoms with Gasteiger partial charge in [-0.25, -0.2) is 0 Å². The molecular formula is C11H22BF3KN. The van der Waals surface area contributed by atoms with Gasteiger partial charge in [-0.1, -0.05) is 20.8 Å². The Morgan fingerprint density at radius 2 is 1.71 bits per heavy atom. The average molecular weight is 275 g/mol. The van der Waals surface area contributed by atoms with Gasteiger partial charge >= 0.3 is 58.4 Å². The van der Waals surface area contributed by atoms with E-state index in [4.69, 9.17) is 0 Å². The van der Waals surface area contributed by atoms with Crippen molar-refractivity contribution in [3.05, 3.63) is 0 Å². The van der Waals surface area contributed by atoms with Crippen molar-refractivity contribution in [2.45, 2.75) is 40.0 Å². The van der Waals surface area contributed by atoms with Gasteiger partial charge in [0.15, 0.2) is 0 Å². The van der Waals surface area contributed by atoms with Crippen molar-refractivity contribution in [1.29, 1.82) is 0 Å². The number of rotatable bonds is 2. The molecule has 0 N–H and O–H groups in total. The third-order valence-electron chi connectivity index (χ3n) is 3.51. The summed E-state index contributed by atoms with van der Waals surface area (Å²) in [5, 5.41) is 0. The summed E-state index contributed by atoms with van der Waals surface area (Å²) in [5.74, 6) is 0.554. The fourth-order valence-corrected chi connectivity index (χ4v) is 2.50. The molecular weight excluding hydrogens is 253 g/mol. The van der Waals surface area contributed by atoms with Crippen LogP contribution in [-0.4, -0.2) is 31.4 Å².